The second kappa shape index (κ2) is 4.71. The lowest BCUT2D eigenvalue weighted by atomic mass is 10.0. The van der Waals surface area contributed by atoms with Crippen LogP contribution < -0.4 is 4.74 Å². The second-order valence-corrected chi connectivity index (χ2v) is 4.01. The van der Waals surface area contributed by atoms with Crippen molar-refractivity contribution in [2.45, 2.75) is 13.0 Å². The first-order valence-electron chi connectivity index (χ1n) is 4.37. The first-order valence-corrected chi connectivity index (χ1v) is 5.16. The van der Waals surface area contributed by atoms with Crippen LogP contribution in [0.5, 0.6) is 11.5 Å². The molecule has 0 radical (unpaired) electrons. The molecule has 0 saturated carbocycles. The van der Waals surface area contributed by atoms with Gasteiger partial charge in [0.25, 0.3) is 0 Å². The first-order chi connectivity index (χ1) is 7.40. The van der Waals surface area contributed by atoms with Gasteiger partial charge in [-0.1, -0.05) is 0 Å². The fraction of sp³-hybridized carbons (Fsp3) is 0.300. The van der Waals surface area contributed by atoms with E-state index in [-0.39, 0.29) is 21.5 Å². The zero-order valence-corrected chi connectivity index (χ0v) is 10.3. The summed E-state index contributed by atoms with van der Waals surface area (Å²) in [6.45, 7) is 1.59. The molecule has 0 saturated heterocycles. The van der Waals surface area contributed by atoms with Crippen LogP contribution >= 0.6 is 15.9 Å². The predicted octanol–water partition coefficient (Wildman–Crippen LogP) is 1.59. The number of carboxylic acid groups (broad SMARTS) is 1. The van der Waals surface area contributed by atoms with Gasteiger partial charge in [0.15, 0.2) is 17.6 Å². The number of phenols is 1. The topological polar surface area (TPSA) is 87.0 Å². The van der Waals surface area contributed by atoms with E-state index in [2.05, 4.69) is 15.9 Å². The first kappa shape index (κ1) is 12.8. The Kier molecular flexibility index (Phi) is 3.77. The van der Waals surface area contributed by atoms with E-state index in [1.807, 2.05) is 0 Å². The summed E-state index contributed by atoms with van der Waals surface area (Å²) in [5, 5.41) is 27.8. The van der Waals surface area contributed by atoms with Crippen molar-refractivity contribution in [2.75, 3.05) is 7.11 Å². The summed E-state index contributed by atoms with van der Waals surface area (Å²) in [6.07, 6.45) is -1.66. The zero-order chi connectivity index (χ0) is 12.5. The number of halogens is 1. The molecule has 88 valence electrons. The van der Waals surface area contributed by atoms with Gasteiger partial charge in [0.05, 0.1) is 11.6 Å². The summed E-state index contributed by atoms with van der Waals surface area (Å²) in [4.78, 5) is 10.7. The summed E-state index contributed by atoms with van der Waals surface area (Å²) in [5.74, 6) is -1.38. The van der Waals surface area contributed by atoms with E-state index in [1.165, 1.54) is 13.2 Å². The molecule has 0 aromatic heterocycles. The number of rotatable bonds is 3. The van der Waals surface area contributed by atoms with Gasteiger partial charge in [-0.05, 0) is 34.5 Å². The van der Waals surface area contributed by atoms with E-state index < -0.39 is 12.1 Å². The minimum absolute atomic E-state index is 0.0981. The molecule has 1 atom stereocenters. The Morgan fingerprint density at radius 1 is 1.56 bits per heavy atom. The van der Waals surface area contributed by atoms with E-state index in [4.69, 9.17) is 9.84 Å². The molecule has 0 aliphatic rings. The van der Waals surface area contributed by atoms with Gasteiger partial charge in [0.2, 0.25) is 0 Å². The van der Waals surface area contributed by atoms with Crippen LogP contribution in [0.1, 0.15) is 17.2 Å². The van der Waals surface area contributed by atoms with Crippen molar-refractivity contribution < 1.29 is 24.9 Å². The summed E-state index contributed by atoms with van der Waals surface area (Å²) >= 11 is 3.10. The molecule has 1 aromatic carbocycles. The summed E-state index contributed by atoms with van der Waals surface area (Å²) in [5.41, 5.74) is 0.627. The fourth-order valence-electron chi connectivity index (χ4n) is 1.41. The van der Waals surface area contributed by atoms with E-state index >= 15 is 0 Å². The second-order valence-electron chi connectivity index (χ2n) is 3.21. The highest BCUT2D eigenvalue weighted by molar-refractivity contribution is 9.10. The molecule has 1 unspecified atom stereocenters. The maximum atomic E-state index is 10.7. The number of phenolic OH excluding ortho intramolecular Hbond substituents is 1. The van der Waals surface area contributed by atoms with Crippen molar-refractivity contribution in [2.24, 2.45) is 0 Å². The zero-order valence-electron chi connectivity index (χ0n) is 8.69. The average Bonchev–Trinajstić information content (AvgIpc) is 2.17. The van der Waals surface area contributed by atoms with Gasteiger partial charge >= 0.3 is 5.97 Å². The molecular weight excluding hydrogens is 280 g/mol. The van der Waals surface area contributed by atoms with Gasteiger partial charge in [0.1, 0.15) is 0 Å². The lowest BCUT2D eigenvalue weighted by Gasteiger charge is -2.15. The van der Waals surface area contributed by atoms with Crippen LogP contribution in [-0.4, -0.2) is 28.4 Å². The van der Waals surface area contributed by atoms with Gasteiger partial charge in [0, 0.05) is 5.56 Å². The average molecular weight is 291 g/mol. The molecule has 16 heavy (non-hydrogen) atoms. The van der Waals surface area contributed by atoms with E-state index in [0.717, 1.165) is 0 Å². The third kappa shape index (κ3) is 2.12. The molecule has 0 amide bonds. The quantitative estimate of drug-likeness (QED) is 0.787. The molecule has 0 aliphatic carbocycles. The van der Waals surface area contributed by atoms with Crippen LogP contribution in [0.25, 0.3) is 0 Å². The van der Waals surface area contributed by atoms with Crippen LogP contribution in [0, 0.1) is 6.92 Å². The monoisotopic (exact) mass is 290 g/mol. The molecule has 0 heterocycles. The van der Waals surface area contributed by atoms with E-state index in [0.29, 0.717) is 5.56 Å². The highest BCUT2D eigenvalue weighted by atomic mass is 79.9. The third-order valence-electron chi connectivity index (χ3n) is 2.16. The molecule has 3 N–H and O–H groups in total. The number of aliphatic hydroxyl groups excluding tert-OH is 1. The predicted molar refractivity (Wildman–Crippen MR) is 59.7 cm³/mol. The largest absolute Gasteiger partial charge is 0.504 e. The van der Waals surface area contributed by atoms with Crippen molar-refractivity contribution >= 4 is 21.9 Å². The number of carbonyl (C=O) groups is 1. The minimum atomic E-state index is -1.66. The summed E-state index contributed by atoms with van der Waals surface area (Å²) < 4.78 is 5.14. The normalized spacial score (nSPS) is 12.2. The molecule has 0 spiro atoms. The molecule has 1 aromatic rings. The maximum Gasteiger partial charge on any atom is 0.337 e. The molecule has 0 fully saturated rings. The number of benzene rings is 1. The summed E-state index contributed by atoms with van der Waals surface area (Å²) in [7, 11) is 1.34. The molecule has 1 rings (SSSR count). The minimum Gasteiger partial charge on any atom is -0.504 e. The number of ether oxygens (including phenoxy) is 1. The number of hydrogen-bond acceptors (Lipinski definition) is 4. The van der Waals surface area contributed by atoms with Crippen molar-refractivity contribution in [1.82, 2.24) is 0 Å². The van der Waals surface area contributed by atoms with Gasteiger partial charge in [-0.25, -0.2) is 4.79 Å². The van der Waals surface area contributed by atoms with Gasteiger partial charge < -0.3 is 20.1 Å². The Morgan fingerprint density at radius 3 is 2.56 bits per heavy atom. The molecule has 6 heteroatoms. The SMILES string of the molecule is COc1c(O)cc(C)c(C(O)C(=O)O)c1Br. The third-order valence-corrected chi connectivity index (χ3v) is 2.95. The Morgan fingerprint density at radius 2 is 2.12 bits per heavy atom. The van der Waals surface area contributed by atoms with Crippen LogP contribution in [0.3, 0.4) is 0 Å². The van der Waals surface area contributed by atoms with Gasteiger partial charge in [-0.15, -0.1) is 0 Å². The number of carboxylic acids is 1. The molecule has 0 bridgehead atoms. The lowest BCUT2D eigenvalue weighted by molar-refractivity contribution is -0.147. The van der Waals surface area contributed by atoms with Crippen LogP contribution in [-0.2, 0) is 4.79 Å². The van der Waals surface area contributed by atoms with E-state index in [9.17, 15) is 15.0 Å². The Labute approximate surface area is 100 Å². The number of aliphatic carboxylic acids is 1. The maximum absolute atomic E-state index is 10.7. The highest BCUT2D eigenvalue weighted by Gasteiger charge is 2.25. The Bertz CT molecular complexity index is 430. The summed E-state index contributed by atoms with van der Waals surface area (Å²) in [6, 6.07) is 1.34. The van der Waals surface area contributed by atoms with Crippen molar-refractivity contribution in [1.29, 1.82) is 0 Å². The standard InChI is InChI=1S/C10H11BrO5/c1-4-3-5(12)9(16-2)7(11)6(4)8(13)10(14)15/h3,8,12-13H,1-2H3,(H,14,15). The number of aromatic hydroxyl groups is 1. The Balaban J connectivity index is 3.45. The Hall–Kier alpha value is -1.27. The molecular formula is C10H11BrO5. The van der Waals surface area contributed by atoms with Crippen molar-refractivity contribution in [3.05, 3.63) is 21.7 Å². The van der Waals surface area contributed by atoms with Gasteiger partial charge in [-0.2, -0.15) is 0 Å². The smallest absolute Gasteiger partial charge is 0.337 e. The van der Waals surface area contributed by atoms with Crippen molar-refractivity contribution in [3.8, 4) is 11.5 Å². The number of aryl methyl sites for hydroxylation is 1. The molecule has 0 aliphatic heterocycles. The lowest BCUT2D eigenvalue weighted by Crippen LogP contribution is -2.13. The number of methoxy groups -OCH3 is 1. The fourth-order valence-corrected chi connectivity index (χ4v) is 2.30. The molecule has 5 nitrogen and oxygen atoms in total. The van der Waals surface area contributed by atoms with E-state index in [1.54, 1.807) is 6.92 Å². The van der Waals surface area contributed by atoms with Crippen LogP contribution in [0.15, 0.2) is 10.5 Å². The van der Waals surface area contributed by atoms with Gasteiger partial charge in [-0.3, -0.25) is 0 Å². The van der Waals surface area contributed by atoms with Crippen LogP contribution in [0.2, 0.25) is 0 Å². The number of aliphatic hydroxyl groups is 1. The van der Waals surface area contributed by atoms with Crippen molar-refractivity contribution in [3.63, 3.8) is 0 Å². The highest BCUT2D eigenvalue weighted by Crippen LogP contribution is 2.41. The van der Waals surface area contributed by atoms with Crippen LogP contribution in [0.4, 0.5) is 0 Å². The number of hydrogen-bond donors (Lipinski definition) is 3.